The highest BCUT2D eigenvalue weighted by molar-refractivity contribution is 5.99. The highest BCUT2D eigenvalue weighted by atomic mass is 19.1. The van der Waals surface area contributed by atoms with Crippen molar-refractivity contribution in [3.05, 3.63) is 23.5 Å². The van der Waals surface area contributed by atoms with E-state index in [1.54, 1.807) is 0 Å². The molecule has 1 aromatic rings. The van der Waals surface area contributed by atoms with Gasteiger partial charge in [-0.25, -0.2) is 4.39 Å². The quantitative estimate of drug-likeness (QED) is 0.439. The number of anilines is 2. The number of primary amides is 1. The fraction of sp³-hybridized carbons (Fsp3) is 0.273. The van der Waals surface area contributed by atoms with Crippen LogP contribution in [0.5, 0.6) is 0 Å². The van der Waals surface area contributed by atoms with Gasteiger partial charge in [-0.05, 0) is 12.1 Å². The van der Waals surface area contributed by atoms with Crippen LogP contribution < -0.4 is 22.1 Å². The van der Waals surface area contributed by atoms with Crippen LogP contribution in [0.4, 0.5) is 15.8 Å². The largest absolute Gasteiger partial charge is 0.398 e. The Kier molecular flexibility index (Phi) is 4.47. The Morgan fingerprint density at radius 3 is 2.56 bits per heavy atom. The molecule has 0 aliphatic carbocycles. The zero-order valence-electron chi connectivity index (χ0n) is 9.92. The number of benzene rings is 1. The Bertz CT molecular complexity index is 476. The molecule has 0 atom stereocenters. The zero-order chi connectivity index (χ0) is 13.7. The van der Waals surface area contributed by atoms with Crippen LogP contribution in [0.1, 0.15) is 17.3 Å². The minimum Gasteiger partial charge on any atom is -0.398 e. The third kappa shape index (κ3) is 3.62. The summed E-state index contributed by atoms with van der Waals surface area (Å²) in [5, 5.41) is 5.28. The van der Waals surface area contributed by atoms with Crippen LogP contribution in [0.3, 0.4) is 0 Å². The summed E-state index contributed by atoms with van der Waals surface area (Å²) in [7, 11) is 0. The van der Waals surface area contributed by atoms with Crippen molar-refractivity contribution in [1.82, 2.24) is 5.32 Å². The van der Waals surface area contributed by atoms with Gasteiger partial charge in [-0.15, -0.1) is 0 Å². The van der Waals surface area contributed by atoms with E-state index in [1.807, 2.05) is 0 Å². The first-order valence-electron chi connectivity index (χ1n) is 5.29. The molecule has 2 amide bonds. The average Bonchev–Trinajstić information content (AvgIpc) is 2.25. The van der Waals surface area contributed by atoms with E-state index in [1.165, 1.54) is 13.0 Å². The summed E-state index contributed by atoms with van der Waals surface area (Å²) in [6.45, 7) is 2.04. The normalized spacial score (nSPS) is 9.89. The smallest absolute Gasteiger partial charge is 0.250 e. The van der Waals surface area contributed by atoms with Gasteiger partial charge in [0.1, 0.15) is 5.82 Å². The second kappa shape index (κ2) is 5.85. The lowest BCUT2D eigenvalue weighted by atomic mass is 10.1. The maximum Gasteiger partial charge on any atom is 0.250 e. The molecule has 6 N–H and O–H groups in total. The summed E-state index contributed by atoms with van der Waals surface area (Å²) >= 11 is 0. The first-order chi connectivity index (χ1) is 8.41. The van der Waals surface area contributed by atoms with E-state index in [-0.39, 0.29) is 22.8 Å². The van der Waals surface area contributed by atoms with Crippen LogP contribution in [0, 0.1) is 5.82 Å². The molecule has 1 rings (SSSR count). The van der Waals surface area contributed by atoms with Crippen molar-refractivity contribution in [2.45, 2.75) is 6.92 Å². The number of nitrogens with two attached hydrogens (primary N) is 2. The molecule has 0 aliphatic heterocycles. The average molecular weight is 254 g/mol. The van der Waals surface area contributed by atoms with Crippen molar-refractivity contribution in [3.63, 3.8) is 0 Å². The minimum absolute atomic E-state index is 0.00703. The Labute approximate surface area is 104 Å². The number of nitrogen functional groups attached to an aromatic ring is 1. The maximum atomic E-state index is 13.5. The maximum absolute atomic E-state index is 13.5. The lowest BCUT2D eigenvalue weighted by Gasteiger charge is -2.10. The number of amides is 2. The van der Waals surface area contributed by atoms with Crippen LogP contribution in [-0.2, 0) is 4.79 Å². The summed E-state index contributed by atoms with van der Waals surface area (Å²) in [6.07, 6.45) is 0. The predicted octanol–water partition coefficient (Wildman–Crippen LogP) is 0.0548. The van der Waals surface area contributed by atoms with Gasteiger partial charge in [0.25, 0.3) is 5.91 Å². The van der Waals surface area contributed by atoms with E-state index in [2.05, 4.69) is 10.6 Å². The van der Waals surface area contributed by atoms with Crippen molar-refractivity contribution in [2.75, 3.05) is 24.1 Å². The fourth-order valence-corrected chi connectivity index (χ4v) is 1.37. The van der Waals surface area contributed by atoms with Crippen LogP contribution in [0.25, 0.3) is 0 Å². The number of hydrogen-bond acceptors (Lipinski definition) is 4. The molecule has 0 spiro atoms. The van der Waals surface area contributed by atoms with Gasteiger partial charge >= 0.3 is 0 Å². The molecule has 0 heterocycles. The van der Waals surface area contributed by atoms with Crippen molar-refractivity contribution in [3.8, 4) is 0 Å². The molecule has 0 bridgehead atoms. The second-order valence-electron chi connectivity index (χ2n) is 3.69. The van der Waals surface area contributed by atoms with E-state index in [9.17, 15) is 14.0 Å². The molecule has 0 saturated heterocycles. The van der Waals surface area contributed by atoms with Crippen LogP contribution in [0.15, 0.2) is 12.1 Å². The first kappa shape index (κ1) is 13.8. The van der Waals surface area contributed by atoms with Gasteiger partial charge in [-0.1, -0.05) is 0 Å². The van der Waals surface area contributed by atoms with E-state index in [0.717, 1.165) is 6.07 Å². The van der Waals surface area contributed by atoms with Gasteiger partial charge in [0.15, 0.2) is 0 Å². The SMILES string of the molecule is CC(=O)NCCNc1cc(C(N)=O)c(N)cc1F. The summed E-state index contributed by atoms with van der Waals surface area (Å²) in [5.41, 5.74) is 10.7. The predicted molar refractivity (Wildman–Crippen MR) is 66.5 cm³/mol. The topological polar surface area (TPSA) is 110 Å². The molecule has 0 aliphatic rings. The van der Waals surface area contributed by atoms with E-state index in [4.69, 9.17) is 11.5 Å². The second-order valence-corrected chi connectivity index (χ2v) is 3.69. The number of hydrogen-bond donors (Lipinski definition) is 4. The Morgan fingerprint density at radius 1 is 1.33 bits per heavy atom. The van der Waals surface area contributed by atoms with Crippen molar-refractivity contribution < 1.29 is 14.0 Å². The first-order valence-corrected chi connectivity index (χ1v) is 5.29. The standard InChI is InChI=1S/C11H15FN4O2/c1-6(17)15-2-3-16-10-4-7(11(14)18)9(13)5-8(10)12/h4-5,16H,2-3,13H2,1H3,(H2,14,18)(H,15,17). The van der Waals surface area contributed by atoms with Crippen molar-refractivity contribution >= 4 is 23.2 Å². The molecule has 98 valence electrons. The molecule has 0 radical (unpaired) electrons. The molecule has 0 unspecified atom stereocenters. The summed E-state index contributed by atoms with van der Waals surface area (Å²) in [5.74, 6) is -1.48. The van der Waals surface area contributed by atoms with Gasteiger partial charge < -0.3 is 22.1 Å². The van der Waals surface area contributed by atoms with Crippen molar-refractivity contribution in [2.24, 2.45) is 5.73 Å². The van der Waals surface area contributed by atoms with E-state index in [0.29, 0.717) is 13.1 Å². The molecule has 0 saturated carbocycles. The fourth-order valence-electron chi connectivity index (χ4n) is 1.37. The Balaban J connectivity index is 2.73. The number of rotatable bonds is 5. The minimum atomic E-state index is -0.725. The molecule has 0 fully saturated rings. The highest BCUT2D eigenvalue weighted by Crippen LogP contribution is 2.21. The number of carbonyl (C=O) groups is 2. The third-order valence-corrected chi connectivity index (χ3v) is 2.22. The van der Waals surface area contributed by atoms with Crippen LogP contribution >= 0.6 is 0 Å². The van der Waals surface area contributed by atoms with E-state index >= 15 is 0 Å². The summed E-state index contributed by atoms with van der Waals surface area (Å²) in [6, 6.07) is 2.28. The highest BCUT2D eigenvalue weighted by Gasteiger charge is 2.11. The number of nitrogens with one attached hydrogen (secondary N) is 2. The molecule has 6 nitrogen and oxygen atoms in total. The lowest BCUT2D eigenvalue weighted by molar-refractivity contribution is -0.118. The molecule has 7 heteroatoms. The summed E-state index contributed by atoms with van der Waals surface area (Å²) < 4.78 is 13.5. The van der Waals surface area contributed by atoms with Crippen LogP contribution in [0.2, 0.25) is 0 Å². The van der Waals surface area contributed by atoms with E-state index < -0.39 is 11.7 Å². The van der Waals surface area contributed by atoms with Gasteiger partial charge in [-0.3, -0.25) is 9.59 Å². The van der Waals surface area contributed by atoms with Gasteiger partial charge in [0.05, 0.1) is 11.3 Å². The molecule has 0 aromatic heterocycles. The van der Waals surface area contributed by atoms with Crippen molar-refractivity contribution in [1.29, 1.82) is 0 Å². The zero-order valence-corrected chi connectivity index (χ0v) is 9.92. The molecular formula is C11H15FN4O2. The number of carbonyl (C=O) groups excluding carboxylic acids is 2. The molecule has 1 aromatic carbocycles. The Morgan fingerprint density at radius 2 is 2.00 bits per heavy atom. The van der Waals surface area contributed by atoms with Gasteiger partial charge in [0, 0.05) is 25.7 Å². The lowest BCUT2D eigenvalue weighted by Crippen LogP contribution is -2.26. The van der Waals surface area contributed by atoms with Gasteiger partial charge in [-0.2, -0.15) is 0 Å². The Hall–Kier alpha value is -2.31. The summed E-state index contributed by atoms with van der Waals surface area (Å²) in [4.78, 5) is 21.7. The van der Waals surface area contributed by atoms with Gasteiger partial charge in [0.2, 0.25) is 5.91 Å². The monoisotopic (exact) mass is 254 g/mol. The number of halogens is 1. The molecule has 18 heavy (non-hydrogen) atoms. The molecular weight excluding hydrogens is 239 g/mol. The third-order valence-electron chi connectivity index (χ3n) is 2.22. The van der Waals surface area contributed by atoms with Crippen LogP contribution in [-0.4, -0.2) is 24.9 Å².